The lowest BCUT2D eigenvalue weighted by Gasteiger charge is -2.29. The molecule has 6 nitrogen and oxygen atoms in total. The lowest BCUT2D eigenvalue weighted by Crippen LogP contribution is -2.41. The second kappa shape index (κ2) is 7.18. The molecular weight excluding hydrogens is 342 g/mol. The largest absolute Gasteiger partial charge is 0.380 e. The van der Waals surface area contributed by atoms with E-state index in [4.69, 9.17) is 0 Å². The summed E-state index contributed by atoms with van der Waals surface area (Å²) in [5, 5.41) is 5.98. The highest BCUT2D eigenvalue weighted by atomic mass is 16.2. The van der Waals surface area contributed by atoms with Crippen LogP contribution >= 0.6 is 0 Å². The Morgan fingerprint density at radius 1 is 1.11 bits per heavy atom. The van der Waals surface area contributed by atoms with Crippen LogP contribution in [0.1, 0.15) is 31.2 Å². The van der Waals surface area contributed by atoms with Gasteiger partial charge in [0.25, 0.3) is 10.9 Å². The minimum Gasteiger partial charge on any atom is -0.380 e. The summed E-state index contributed by atoms with van der Waals surface area (Å²) in [7, 11) is 1.68. The summed E-state index contributed by atoms with van der Waals surface area (Å²) in [6, 6.07) is 8.03. The Labute approximate surface area is 158 Å². The standard InChI is InChI=1S/C21H25N3O3/c1-22-21(27)15-8-6-13(7-9-15)12-23-17-18(20(26)19(17)25)24-11-10-14-4-2-3-5-16(14)24/h2-5,13,15,23H,6-12H2,1H3,(H,22,27). The topological polar surface area (TPSA) is 78.5 Å². The van der Waals surface area contributed by atoms with Gasteiger partial charge in [-0.15, -0.1) is 0 Å². The van der Waals surface area contributed by atoms with E-state index >= 15 is 0 Å². The molecule has 0 aromatic heterocycles. The Morgan fingerprint density at radius 3 is 2.59 bits per heavy atom. The molecule has 2 N–H and O–H groups in total. The van der Waals surface area contributed by atoms with E-state index in [2.05, 4.69) is 16.7 Å². The summed E-state index contributed by atoms with van der Waals surface area (Å²) in [5.74, 6) is 0.655. The predicted molar refractivity (Wildman–Crippen MR) is 107 cm³/mol. The van der Waals surface area contributed by atoms with Crippen molar-refractivity contribution >= 4 is 23.0 Å². The monoisotopic (exact) mass is 367 g/mol. The molecule has 4 rings (SSSR count). The van der Waals surface area contributed by atoms with Gasteiger partial charge >= 0.3 is 0 Å². The Bertz CT molecular complexity index is 921. The zero-order valence-corrected chi connectivity index (χ0v) is 15.6. The second-order valence-electron chi connectivity index (χ2n) is 7.63. The van der Waals surface area contributed by atoms with E-state index < -0.39 is 10.9 Å². The van der Waals surface area contributed by atoms with Crippen molar-refractivity contribution < 1.29 is 4.79 Å². The van der Waals surface area contributed by atoms with Gasteiger partial charge in [-0.2, -0.15) is 0 Å². The van der Waals surface area contributed by atoms with Crippen LogP contribution in [-0.2, 0) is 11.2 Å². The molecule has 1 aliphatic heterocycles. The lowest BCUT2D eigenvalue weighted by atomic mass is 9.81. The normalized spacial score (nSPS) is 21.9. The van der Waals surface area contributed by atoms with Crippen molar-refractivity contribution in [3.05, 3.63) is 50.3 Å². The molecule has 0 spiro atoms. The highest BCUT2D eigenvalue weighted by Crippen LogP contribution is 2.36. The number of nitrogens with zero attached hydrogens (tertiary/aromatic N) is 1. The van der Waals surface area contributed by atoms with Crippen LogP contribution in [0, 0.1) is 11.8 Å². The number of hydrogen-bond donors (Lipinski definition) is 2. The first kappa shape index (κ1) is 17.8. The maximum Gasteiger partial charge on any atom is 0.253 e. The molecule has 27 heavy (non-hydrogen) atoms. The van der Waals surface area contributed by atoms with Gasteiger partial charge in [-0.05, 0) is 49.7 Å². The van der Waals surface area contributed by atoms with Crippen LogP contribution in [0.15, 0.2) is 33.9 Å². The molecule has 1 fully saturated rings. The summed E-state index contributed by atoms with van der Waals surface area (Å²) in [6.07, 6.45) is 4.57. The summed E-state index contributed by atoms with van der Waals surface area (Å²) in [5.41, 5.74) is 2.42. The maximum absolute atomic E-state index is 12.2. The average molecular weight is 367 g/mol. The molecule has 0 unspecified atom stereocenters. The SMILES string of the molecule is CNC(=O)C1CCC(CNc2c(N3CCc4ccccc43)c(=O)c2=O)CC1. The zero-order valence-electron chi connectivity index (χ0n) is 15.6. The number of amides is 1. The van der Waals surface area contributed by atoms with E-state index in [9.17, 15) is 14.4 Å². The van der Waals surface area contributed by atoms with Crippen LogP contribution in [-0.4, -0.2) is 26.0 Å². The molecule has 6 heteroatoms. The van der Waals surface area contributed by atoms with E-state index in [1.807, 2.05) is 23.1 Å². The molecule has 2 aromatic rings. The molecule has 2 aliphatic rings. The molecule has 0 radical (unpaired) electrons. The number of fused-ring (bicyclic) bond motifs is 1. The number of carbonyl (C=O) groups excluding carboxylic acids is 1. The van der Waals surface area contributed by atoms with Gasteiger partial charge in [0.05, 0.1) is 0 Å². The molecule has 0 atom stereocenters. The van der Waals surface area contributed by atoms with Crippen LogP contribution < -0.4 is 26.4 Å². The highest BCUT2D eigenvalue weighted by molar-refractivity contribution is 5.83. The lowest BCUT2D eigenvalue weighted by molar-refractivity contribution is -0.125. The van der Waals surface area contributed by atoms with Gasteiger partial charge in [-0.1, -0.05) is 18.2 Å². The minimum absolute atomic E-state index is 0.106. The van der Waals surface area contributed by atoms with Crippen molar-refractivity contribution in [1.82, 2.24) is 5.32 Å². The molecule has 1 saturated carbocycles. The smallest absolute Gasteiger partial charge is 0.253 e. The van der Waals surface area contributed by atoms with Crippen molar-refractivity contribution in [2.45, 2.75) is 32.1 Å². The molecular formula is C21H25N3O3. The Kier molecular flexibility index (Phi) is 4.72. The van der Waals surface area contributed by atoms with Gasteiger partial charge in [-0.3, -0.25) is 14.4 Å². The third-order valence-corrected chi connectivity index (χ3v) is 6.07. The molecule has 2 aromatic carbocycles. The number of hydrogen-bond acceptors (Lipinski definition) is 5. The fraction of sp³-hybridized carbons (Fsp3) is 0.476. The van der Waals surface area contributed by atoms with Crippen molar-refractivity contribution in [2.75, 3.05) is 30.4 Å². The van der Waals surface area contributed by atoms with Crippen molar-refractivity contribution in [3.8, 4) is 0 Å². The quantitative estimate of drug-likeness (QED) is 0.790. The predicted octanol–water partition coefficient (Wildman–Crippen LogP) is 1.94. The van der Waals surface area contributed by atoms with Crippen molar-refractivity contribution in [3.63, 3.8) is 0 Å². The molecule has 1 aliphatic carbocycles. The number of benzene rings is 1. The van der Waals surface area contributed by atoms with Crippen LogP contribution in [0.5, 0.6) is 0 Å². The van der Waals surface area contributed by atoms with Crippen LogP contribution in [0.2, 0.25) is 0 Å². The van der Waals surface area contributed by atoms with Gasteiger partial charge in [0.1, 0.15) is 11.4 Å². The first-order chi connectivity index (χ1) is 13.1. The summed E-state index contributed by atoms with van der Waals surface area (Å²) >= 11 is 0. The number of para-hydroxylation sites is 1. The Balaban J connectivity index is 1.42. The summed E-state index contributed by atoms with van der Waals surface area (Å²) in [6.45, 7) is 1.41. The number of carbonyl (C=O) groups is 1. The number of nitrogens with one attached hydrogen (secondary N) is 2. The summed E-state index contributed by atoms with van der Waals surface area (Å²) < 4.78 is 0. The number of anilines is 3. The second-order valence-corrected chi connectivity index (χ2v) is 7.63. The Hall–Kier alpha value is -2.63. The van der Waals surface area contributed by atoms with Crippen molar-refractivity contribution in [2.24, 2.45) is 11.8 Å². The Morgan fingerprint density at radius 2 is 1.85 bits per heavy atom. The first-order valence-corrected chi connectivity index (χ1v) is 9.74. The third-order valence-electron chi connectivity index (χ3n) is 6.07. The molecule has 0 bridgehead atoms. The average Bonchev–Trinajstić information content (AvgIpc) is 3.13. The number of rotatable bonds is 5. The van der Waals surface area contributed by atoms with E-state index in [1.165, 1.54) is 5.56 Å². The van der Waals surface area contributed by atoms with Crippen LogP contribution in [0.25, 0.3) is 0 Å². The fourth-order valence-electron chi connectivity index (χ4n) is 4.45. The fourth-order valence-corrected chi connectivity index (χ4v) is 4.45. The van der Waals surface area contributed by atoms with E-state index in [-0.39, 0.29) is 11.8 Å². The third kappa shape index (κ3) is 3.13. The highest BCUT2D eigenvalue weighted by Gasteiger charge is 2.31. The zero-order chi connectivity index (χ0) is 19.0. The molecule has 0 saturated heterocycles. The van der Waals surface area contributed by atoms with Gasteiger partial charge < -0.3 is 15.5 Å². The van der Waals surface area contributed by atoms with Gasteiger partial charge in [-0.25, -0.2) is 0 Å². The van der Waals surface area contributed by atoms with Gasteiger partial charge in [0, 0.05) is 31.7 Å². The van der Waals surface area contributed by atoms with Gasteiger partial charge in [0.15, 0.2) is 0 Å². The van der Waals surface area contributed by atoms with Crippen LogP contribution in [0.3, 0.4) is 0 Å². The maximum atomic E-state index is 12.2. The van der Waals surface area contributed by atoms with Crippen molar-refractivity contribution in [1.29, 1.82) is 0 Å². The minimum atomic E-state index is -0.409. The first-order valence-electron chi connectivity index (χ1n) is 9.74. The van der Waals surface area contributed by atoms with Gasteiger partial charge in [0.2, 0.25) is 5.91 Å². The van der Waals surface area contributed by atoms with E-state index in [0.717, 1.165) is 44.3 Å². The molecule has 1 heterocycles. The van der Waals surface area contributed by atoms with Crippen LogP contribution in [0.4, 0.5) is 17.1 Å². The van der Waals surface area contributed by atoms with E-state index in [1.54, 1.807) is 7.05 Å². The van der Waals surface area contributed by atoms with E-state index in [0.29, 0.717) is 23.8 Å². The summed E-state index contributed by atoms with van der Waals surface area (Å²) in [4.78, 5) is 38.1. The molecule has 1 amide bonds. The molecule has 142 valence electrons.